The van der Waals surface area contributed by atoms with E-state index in [9.17, 15) is 14.4 Å². The third-order valence-corrected chi connectivity index (χ3v) is 9.54. The van der Waals surface area contributed by atoms with Crippen molar-refractivity contribution in [3.63, 3.8) is 0 Å². The largest absolute Gasteiger partial charge is 0.462 e. The highest BCUT2D eigenvalue weighted by Crippen LogP contribution is 2.16. The van der Waals surface area contributed by atoms with Crippen LogP contribution in [-0.2, 0) is 28.6 Å². The Morgan fingerprint density at radius 1 is 0.388 bits per heavy atom. The predicted octanol–water partition coefficient (Wildman–Crippen LogP) is 13.2. The van der Waals surface area contributed by atoms with Crippen LogP contribution in [0.15, 0.2) is 0 Å². The molecular weight excluding hydrogens is 612 g/mol. The van der Waals surface area contributed by atoms with E-state index in [0.29, 0.717) is 19.3 Å². The molecular formula is C43H82O6. The third-order valence-electron chi connectivity index (χ3n) is 9.54. The number of rotatable bonds is 38. The molecule has 0 aromatic heterocycles. The molecule has 0 bridgehead atoms. The highest BCUT2D eigenvalue weighted by Gasteiger charge is 2.19. The smallest absolute Gasteiger partial charge is 0.306 e. The summed E-state index contributed by atoms with van der Waals surface area (Å²) < 4.78 is 16.6. The molecule has 290 valence electrons. The van der Waals surface area contributed by atoms with Crippen LogP contribution in [0.5, 0.6) is 0 Å². The molecule has 0 fully saturated rings. The Morgan fingerprint density at radius 2 is 0.673 bits per heavy atom. The van der Waals surface area contributed by atoms with Crippen LogP contribution in [0.2, 0.25) is 0 Å². The molecule has 0 radical (unpaired) electrons. The van der Waals surface area contributed by atoms with E-state index < -0.39 is 6.10 Å². The molecule has 0 aromatic carbocycles. The van der Waals surface area contributed by atoms with Gasteiger partial charge in [0.25, 0.3) is 0 Å². The van der Waals surface area contributed by atoms with Crippen LogP contribution in [-0.4, -0.2) is 37.2 Å². The van der Waals surface area contributed by atoms with Gasteiger partial charge in [-0.1, -0.05) is 195 Å². The zero-order chi connectivity index (χ0) is 36.0. The number of carbonyl (C=O) groups excluding carboxylic acids is 3. The minimum absolute atomic E-state index is 0.0652. The number of unbranched alkanes of at least 4 members (excludes halogenated alkanes) is 25. The van der Waals surface area contributed by atoms with Crippen molar-refractivity contribution < 1.29 is 28.6 Å². The van der Waals surface area contributed by atoms with Crippen LogP contribution in [0.4, 0.5) is 0 Å². The van der Waals surface area contributed by atoms with Gasteiger partial charge in [-0.3, -0.25) is 14.4 Å². The first-order valence-electron chi connectivity index (χ1n) is 21.4. The molecule has 0 aromatic rings. The normalized spacial score (nSPS) is 11.9. The van der Waals surface area contributed by atoms with Crippen molar-refractivity contribution in [2.75, 3.05) is 13.2 Å². The molecule has 0 saturated heterocycles. The Balaban J connectivity index is 4.21. The van der Waals surface area contributed by atoms with Crippen molar-refractivity contribution in [3.8, 4) is 0 Å². The molecule has 0 aliphatic carbocycles. The van der Waals surface area contributed by atoms with E-state index in [-0.39, 0.29) is 31.1 Å². The fourth-order valence-electron chi connectivity index (χ4n) is 6.27. The summed E-state index contributed by atoms with van der Waals surface area (Å²) in [5, 5.41) is 0. The molecule has 0 amide bonds. The van der Waals surface area contributed by atoms with Crippen molar-refractivity contribution in [3.05, 3.63) is 0 Å². The molecule has 0 aliphatic heterocycles. The van der Waals surface area contributed by atoms with Gasteiger partial charge in [-0.15, -0.1) is 0 Å². The standard InChI is InChI=1S/C43H82O6/c1-5-7-9-11-12-13-14-17-21-24-28-32-36-43(46)49-40(37-47-41(44)34-30-25-10-8-6-2)38-48-42(45)35-31-27-23-20-18-15-16-19-22-26-29-33-39(3)4/h39-40H,5-38H2,1-4H3/t40-/m0/s1. The van der Waals surface area contributed by atoms with Gasteiger partial charge in [0.05, 0.1) is 0 Å². The molecule has 0 rings (SSSR count). The lowest BCUT2D eigenvalue weighted by atomic mass is 10.0. The second kappa shape index (κ2) is 37.7. The summed E-state index contributed by atoms with van der Waals surface area (Å²) in [5.74, 6) is -0.0451. The van der Waals surface area contributed by atoms with Crippen molar-refractivity contribution in [1.82, 2.24) is 0 Å². The predicted molar refractivity (Wildman–Crippen MR) is 206 cm³/mol. The Hall–Kier alpha value is -1.59. The second-order valence-electron chi connectivity index (χ2n) is 15.1. The van der Waals surface area contributed by atoms with E-state index in [1.54, 1.807) is 0 Å². The lowest BCUT2D eigenvalue weighted by Crippen LogP contribution is -2.30. The first-order valence-corrected chi connectivity index (χ1v) is 21.4. The van der Waals surface area contributed by atoms with E-state index in [2.05, 4.69) is 27.7 Å². The summed E-state index contributed by atoms with van der Waals surface area (Å²) in [6, 6.07) is 0. The average molecular weight is 695 g/mol. The summed E-state index contributed by atoms with van der Waals surface area (Å²) in [4.78, 5) is 37.3. The summed E-state index contributed by atoms with van der Waals surface area (Å²) in [6.07, 6.45) is 35.4. The van der Waals surface area contributed by atoms with Gasteiger partial charge in [-0.2, -0.15) is 0 Å². The summed E-state index contributed by atoms with van der Waals surface area (Å²) in [5.41, 5.74) is 0. The summed E-state index contributed by atoms with van der Waals surface area (Å²) >= 11 is 0. The van der Waals surface area contributed by atoms with Crippen molar-refractivity contribution in [2.45, 2.75) is 239 Å². The molecule has 6 nitrogen and oxygen atoms in total. The lowest BCUT2D eigenvalue weighted by molar-refractivity contribution is -0.167. The van der Waals surface area contributed by atoms with Crippen LogP contribution >= 0.6 is 0 Å². The Morgan fingerprint density at radius 3 is 1.00 bits per heavy atom. The summed E-state index contributed by atoms with van der Waals surface area (Å²) in [6.45, 7) is 8.90. The van der Waals surface area contributed by atoms with Crippen LogP contribution < -0.4 is 0 Å². The molecule has 1 atom stereocenters. The number of hydrogen-bond acceptors (Lipinski definition) is 6. The van der Waals surface area contributed by atoms with Gasteiger partial charge in [0, 0.05) is 19.3 Å². The van der Waals surface area contributed by atoms with Crippen molar-refractivity contribution in [2.24, 2.45) is 5.92 Å². The minimum atomic E-state index is -0.756. The van der Waals surface area contributed by atoms with Gasteiger partial charge in [-0.05, 0) is 25.2 Å². The van der Waals surface area contributed by atoms with E-state index in [1.807, 2.05) is 0 Å². The van der Waals surface area contributed by atoms with Crippen LogP contribution in [0, 0.1) is 5.92 Å². The quantitative estimate of drug-likeness (QED) is 0.0364. The van der Waals surface area contributed by atoms with E-state index >= 15 is 0 Å². The fourth-order valence-corrected chi connectivity index (χ4v) is 6.27. The second-order valence-corrected chi connectivity index (χ2v) is 15.1. The molecule has 49 heavy (non-hydrogen) atoms. The number of hydrogen-bond donors (Lipinski definition) is 0. The van der Waals surface area contributed by atoms with E-state index in [0.717, 1.165) is 70.1 Å². The van der Waals surface area contributed by atoms with Gasteiger partial charge in [0.2, 0.25) is 0 Å². The summed E-state index contributed by atoms with van der Waals surface area (Å²) in [7, 11) is 0. The highest BCUT2D eigenvalue weighted by atomic mass is 16.6. The molecule has 0 N–H and O–H groups in total. The van der Waals surface area contributed by atoms with Crippen LogP contribution in [0.1, 0.15) is 233 Å². The first-order chi connectivity index (χ1) is 23.9. The molecule has 0 unspecified atom stereocenters. The highest BCUT2D eigenvalue weighted by molar-refractivity contribution is 5.71. The fraction of sp³-hybridized carbons (Fsp3) is 0.930. The SMILES string of the molecule is CCCCCCCCCCCCCCC(=O)O[C@@H](COC(=O)CCCCCCC)COC(=O)CCCCCCCCCCCCCC(C)C. The molecule has 0 heterocycles. The maximum Gasteiger partial charge on any atom is 0.306 e. The van der Waals surface area contributed by atoms with Gasteiger partial charge >= 0.3 is 17.9 Å². The third kappa shape index (κ3) is 37.5. The topological polar surface area (TPSA) is 78.9 Å². The molecule has 6 heteroatoms. The first kappa shape index (κ1) is 47.4. The van der Waals surface area contributed by atoms with Gasteiger partial charge < -0.3 is 14.2 Å². The number of esters is 3. The van der Waals surface area contributed by atoms with Gasteiger partial charge in [0.1, 0.15) is 13.2 Å². The zero-order valence-corrected chi connectivity index (χ0v) is 33.1. The Labute approximate surface area is 304 Å². The van der Waals surface area contributed by atoms with Crippen molar-refractivity contribution >= 4 is 17.9 Å². The molecule has 0 spiro atoms. The monoisotopic (exact) mass is 695 g/mol. The van der Waals surface area contributed by atoms with E-state index in [4.69, 9.17) is 14.2 Å². The van der Waals surface area contributed by atoms with Crippen molar-refractivity contribution in [1.29, 1.82) is 0 Å². The number of carbonyl (C=O) groups is 3. The van der Waals surface area contributed by atoms with Crippen LogP contribution in [0.25, 0.3) is 0 Å². The van der Waals surface area contributed by atoms with E-state index in [1.165, 1.54) is 122 Å². The lowest BCUT2D eigenvalue weighted by Gasteiger charge is -2.18. The molecule has 0 saturated carbocycles. The zero-order valence-electron chi connectivity index (χ0n) is 33.1. The van der Waals surface area contributed by atoms with Gasteiger partial charge in [-0.25, -0.2) is 0 Å². The minimum Gasteiger partial charge on any atom is -0.462 e. The maximum absolute atomic E-state index is 12.6. The van der Waals surface area contributed by atoms with Gasteiger partial charge in [0.15, 0.2) is 6.10 Å². The number of ether oxygens (including phenoxy) is 3. The Bertz CT molecular complexity index is 736. The van der Waals surface area contributed by atoms with Crippen LogP contribution in [0.3, 0.4) is 0 Å². The maximum atomic E-state index is 12.6. The Kier molecular flexibility index (Phi) is 36.4. The average Bonchev–Trinajstić information content (AvgIpc) is 3.08. The molecule has 0 aliphatic rings.